The molecular formula is C34H32Cl2F3N5OS. The third-order valence-electron chi connectivity index (χ3n) is 8.43. The smallest absolute Gasteiger partial charge is 0.348 e. The van der Waals surface area contributed by atoms with Gasteiger partial charge in [0.25, 0.3) is 0 Å². The number of alkyl halides is 3. The largest absolute Gasteiger partial charge is 0.403 e. The first-order valence-corrected chi connectivity index (χ1v) is 16.7. The summed E-state index contributed by atoms with van der Waals surface area (Å²) in [5.41, 5.74) is 4.75. The fourth-order valence-electron chi connectivity index (χ4n) is 6.48. The lowest BCUT2D eigenvalue weighted by atomic mass is 9.74. The number of rotatable bonds is 12. The summed E-state index contributed by atoms with van der Waals surface area (Å²) in [4.78, 5) is 0. The quantitative estimate of drug-likeness (QED) is 0.0806. The first kappa shape index (κ1) is 32.7. The summed E-state index contributed by atoms with van der Waals surface area (Å²) in [5.74, 6) is 1.41. The molecule has 0 radical (unpaired) electrons. The van der Waals surface area contributed by atoms with Crippen molar-refractivity contribution in [3.63, 3.8) is 0 Å². The van der Waals surface area contributed by atoms with Crippen molar-refractivity contribution in [2.75, 3.05) is 18.8 Å². The van der Waals surface area contributed by atoms with E-state index in [1.165, 1.54) is 0 Å². The SMILES string of the molecule is Cn1cccc1-c1nnc(SCCCCCC2(CN(O)CC(F)(F)F)c3ccccc3-c3ccccc32)n1-c1ccc(Cl)cc1Cl. The van der Waals surface area contributed by atoms with E-state index in [0.717, 1.165) is 58.7 Å². The standard InChI is InChI=1S/C34H32Cl2F3N5OS/c1-42-18-9-14-30(42)31-40-41-32(44(31)29-16-15-23(35)20-28(29)36)46-19-8-2-7-17-33(21-43(45)22-34(37,38)39)26-12-5-3-10-24(26)25-11-4-6-13-27(25)33/h3-6,9-16,18,20,45H,2,7-8,17,19,21-22H2,1H3. The summed E-state index contributed by atoms with van der Waals surface area (Å²) in [7, 11) is 1.94. The van der Waals surface area contributed by atoms with E-state index in [1.807, 2.05) is 89.1 Å². The highest BCUT2D eigenvalue weighted by molar-refractivity contribution is 7.99. The van der Waals surface area contributed by atoms with Gasteiger partial charge in [0.1, 0.15) is 6.54 Å². The fourth-order valence-corrected chi connectivity index (χ4v) is 7.92. The lowest BCUT2D eigenvalue weighted by Crippen LogP contribution is -2.43. The summed E-state index contributed by atoms with van der Waals surface area (Å²) in [6.45, 7) is -1.54. The number of aromatic nitrogens is 4. The van der Waals surface area contributed by atoms with Crippen molar-refractivity contribution in [1.29, 1.82) is 0 Å². The van der Waals surface area contributed by atoms with E-state index in [0.29, 0.717) is 32.5 Å². The van der Waals surface area contributed by atoms with Crippen molar-refractivity contribution in [3.8, 4) is 28.3 Å². The van der Waals surface area contributed by atoms with Crippen LogP contribution in [0, 0.1) is 0 Å². The topological polar surface area (TPSA) is 59.1 Å². The molecule has 6 rings (SSSR count). The molecule has 0 atom stereocenters. The molecule has 2 aromatic heterocycles. The number of halogens is 5. The molecule has 3 aromatic carbocycles. The molecular weight excluding hydrogens is 654 g/mol. The molecule has 0 saturated heterocycles. The van der Waals surface area contributed by atoms with E-state index >= 15 is 0 Å². The number of hydrogen-bond acceptors (Lipinski definition) is 5. The van der Waals surface area contributed by atoms with Crippen LogP contribution in [-0.2, 0) is 12.5 Å². The number of unbranched alkanes of at least 4 members (excludes halogenated alkanes) is 2. The van der Waals surface area contributed by atoms with Crippen molar-refractivity contribution in [2.24, 2.45) is 7.05 Å². The van der Waals surface area contributed by atoms with Gasteiger partial charge in [0, 0.05) is 36.0 Å². The minimum absolute atomic E-state index is 0.151. The maximum absolute atomic E-state index is 13.3. The van der Waals surface area contributed by atoms with Crippen LogP contribution in [0.2, 0.25) is 10.0 Å². The number of hydroxylamine groups is 2. The first-order chi connectivity index (χ1) is 22.1. The highest BCUT2D eigenvalue weighted by Gasteiger charge is 2.45. The van der Waals surface area contributed by atoms with Gasteiger partial charge in [0.2, 0.25) is 0 Å². The van der Waals surface area contributed by atoms with Crippen LogP contribution in [0.1, 0.15) is 36.8 Å². The summed E-state index contributed by atoms with van der Waals surface area (Å²) in [5, 5.41) is 21.7. The van der Waals surface area contributed by atoms with Gasteiger partial charge in [-0.05, 0) is 65.4 Å². The molecule has 12 heteroatoms. The summed E-state index contributed by atoms with van der Waals surface area (Å²) in [6.07, 6.45) is 0.460. The van der Waals surface area contributed by atoms with Crippen molar-refractivity contribution in [3.05, 3.63) is 106 Å². The monoisotopic (exact) mass is 685 g/mol. The lowest BCUT2D eigenvalue weighted by Gasteiger charge is -2.35. The van der Waals surface area contributed by atoms with Gasteiger partial charge in [0.05, 0.1) is 16.4 Å². The number of fused-ring (bicyclic) bond motifs is 3. The maximum atomic E-state index is 13.3. The van der Waals surface area contributed by atoms with Crippen LogP contribution in [0.4, 0.5) is 13.2 Å². The van der Waals surface area contributed by atoms with E-state index in [9.17, 15) is 18.4 Å². The van der Waals surface area contributed by atoms with Crippen LogP contribution in [0.5, 0.6) is 0 Å². The molecule has 6 nitrogen and oxygen atoms in total. The minimum Gasteiger partial charge on any atom is -0.348 e. The summed E-state index contributed by atoms with van der Waals surface area (Å²) >= 11 is 14.4. The Morgan fingerprint density at radius 3 is 2.22 bits per heavy atom. The predicted molar refractivity (Wildman–Crippen MR) is 177 cm³/mol. The third-order valence-corrected chi connectivity index (χ3v) is 9.98. The molecule has 0 fully saturated rings. The van der Waals surface area contributed by atoms with Crippen LogP contribution in [0.3, 0.4) is 0 Å². The average molecular weight is 687 g/mol. The van der Waals surface area contributed by atoms with Crippen LogP contribution in [0.25, 0.3) is 28.3 Å². The molecule has 46 heavy (non-hydrogen) atoms. The Balaban J connectivity index is 1.18. The third kappa shape index (κ3) is 6.59. The van der Waals surface area contributed by atoms with Crippen molar-refractivity contribution < 1.29 is 18.4 Å². The predicted octanol–water partition coefficient (Wildman–Crippen LogP) is 9.45. The molecule has 5 aromatic rings. The molecule has 0 saturated carbocycles. The van der Waals surface area contributed by atoms with Crippen molar-refractivity contribution >= 4 is 35.0 Å². The Bertz CT molecular complexity index is 1790. The Morgan fingerprint density at radius 1 is 0.891 bits per heavy atom. The first-order valence-electron chi connectivity index (χ1n) is 14.9. The van der Waals surface area contributed by atoms with Gasteiger partial charge in [-0.3, -0.25) is 4.57 Å². The van der Waals surface area contributed by atoms with Crippen molar-refractivity contribution in [2.45, 2.75) is 42.4 Å². The second kappa shape index (κ2) is 13.4. The molecule has 240 valence electrons. The van der Waals surface area contributed by atoms with Crippen LogP contribution in [-0.4, -0.2) is 54.6 Å². The summed E-state index contributed by atoms with van der Waals surface area (Å²) in [6, 6.07) is 24.9. The van der Waals surface area contributed by atoms with E-state index in [1.54, 1.807) is 23.9 Å². The fraction of sp³-hybridized carbons (Fsp3) is 0.294. The van der Waals surface area contributed by atoms with E-state index in [-0.39, 0.29) is 6.54 Å². The zero-order valence-corrected chi connectivity index (χ0v) is 27.3. The minimum atomic E-state index is -4.51. The van der Waals surface area contributed by atoms with E-state index < -0.39 is 18.1 Å². The molecule has 1 aliphatic rings. The van der Waals surface area contributed by atoms with Gasteiger partial charge < -0.3 is 9.77 Å². The van der Waals surface area contributed by atoms with Crippen LogP contribution in [0.15, 0.2) is 90.2 Å². The van der Waals surface area contributed by atoms with Gasteiger partial charge in [-0.15, -0.1) is 10.2 Å². The number of hydrogen-bond donors (Lipinski definition) is 1. The van der Waals surface area contributed by atoms with Gasteiger partial charge >= 0.3 is 6.18 Å². The number of nitrogens with zero attached hydrogens (tertiary/aromatic N) is 5. The number of thioether (sulfide) groups is 1. The summed E-state index contributed by atoms with van der Waals surface area (Å²) < 4.78 is 43.7. The maximum Gasteiger partial charge on any atom is 0.403 e. The number of benzene rings is 3. The Morgan fingerprint density at radius 2 is 1.59 bits per heavy atom. The van der Waals surface area contributed by atoms with E-state index in [2.05, 4.69) is 10.2 Å². The second-order valence-corrected chi connectivity index (χ2v) is 13.4. The lowest BCUT2D eigenvalue weighted by molar-refractivity contribution is -0.212. The zero-order valence-electron chi connectivity index (χ0n) is 25.0. The van der Waals surface area contributed by atoms with Gasteiger partial charge in [-0.25, -0.2) is 0 Å². The Kier molecular flexibility index (Phi) is 9.55. The molecule has 0 spiro atoms. The average Bonchev–Trinajstić information content (AvgIpc) is 3.69. The van der Waals surface area contributed by atoms with Crippen LogP contribution >= 0.6 is 35.0 Å². The van der Waals surface area contributed by atoms with Crippen LogP contribution < -0.4 is 0 Å². The van der Waals surface area contributed by atoms with Gasteiger partial charge in [-0.1, -0.05) is 96.3 Å². The normalized spacial score (nSPS) is 13.7. The van der Waals surface area contributed by atoms with Gasteiger partial charge in [0.15, 0.2) is 11.0 Å². The molecule has 0 amide bonds. The van der Waals surface area contributed by atoms with E-state index in [4.69, 9.17) is 23.2 Å². The highest BCUT2D eigenvalue weighted by Crippen LogP contribution is 2.52. The zero-order chi connectivity index (χ0) is 32.5. The highest BCUT2D eigenvalue weighted by atomic mass is 35.5. The molecule has 1 aliphatic carbocycles. The Hall–Kier alpha value is -3.28. The number of aryl methyl sites for hydroxylation is 1. The Labute approximate surface area is 279 Å². The second-order valence-electron chi connectivity index (χ2n) is 11.5. The molecule has 1 N–H and O–H groups in total. The molecule has 0 aliphatic heterocycles. The van der Waals surface area contributed by atoms with Crippen molar-refractivity contribution in [1.82, 2.24) is 24.4 Å². The molecule has 0 bridgehead atoms. The molecule has 2 heterocycles. The molecule has 0 unspecified atom stereocenters. The van der Waals surface area contributed by atoms with Gasteiger partial charge in [-0.2, -0.15) is 18.2 Å².